The summed E-state index contributed by atoms with van der Waals surface area (Å²) in [6.07, 6.45) is -0.181. The van der Waals surface area contributed by atoms with E-state index in [9.17, 15) is 42.9 Å². The summed E-state index contributed by atoms with van der Waals surface area (Å²) in [5, 5.41) is 47.2. The molecule has 0 unspecified atom stereocenters. The molecule has 2 saturated heterocycles. The maximum absolute atomic E-state index is 13.6. The highest BCUT2D eigenvalue weighted by Crippen LogP contribution is 2.39. The first-order valence-electron chi connectivity index (χ1n) is 24.5. The van der Waals surface area contributed by atoms with Crippen LogP contribution in [-0.2, 0) is 29.0 Å². The minimum atomic E-state index is -4.66. The summed E-state index contributed by atoms with van der Waals surface area (Å²) in [5.74, 6) is -0.597. The number of likely N-dealkylation sites (tertiary alicyclic amines) is 1. The molecule has 0 bridgehead atoms. The molecule has 5 N–H and O–H groups in total. The standard InChI is InChI=1S/C53H58F3N11O6/c1-4-46(71)64-21-23-65(24-22-64)48-39-16-20-66(43-27-37(68)26-35-7-5-6-8-38(35)43)30-42(39)59-52(60-48)57-17-13-47(72)63-18-14-34(15-19-63)25-33-9-11-36(12-10-33)67-49(41-28-40(32(2)3)44(69)29-45(41)70)61-62-50(67)51(73)58-31-53(54,55)56/h4-12,26-29,32,34,68-70H,1,13-25,30-31H2,2-3H3,(H,58,73)(H,57,59,60). The Morgan fingerprint density at radius 1 is 0.849 bits per heavy atom. The lowest BCUT2D eigenvalue weighted by atomic mass is 9.90. The normalized spacial score (nSPS) is 15.4. The number of aromatic nitrogens is 5. The Morgan fingerprint density at radius 2 is 1.59 bits per heavy atom. The second-order valence-corrected chi connectivity index (χ2v) is 19.1. The molecule has 382 valence electrons. The summed E-state index contributed by atoms with van der Waals surface area (Å²) in [6.45, 7) is 10.7. The number of anilines is 3. The van der Waals surface area contributed by atoms with Crippen LogP contribution in [0.5, 0.6) is 17.2 Å². The lowest BCUT2D eigenvalue weighted by molar-refractivity contribution is -0.132. The number of amides is 3. The molecule has 0 aliphatic carbocycles. The molecule has 17 nitrogen and oxygen atoms in total. The topological polar surface area (TPSA) is 205 Å². The Bertz CT molecular complexity index is 3040. The second-order valence-electron chi connectivity index (χ2n) is 19.1. The molecular weight excluding hydrogens is 944 g/mol. The van der Waals surface area contributed by atoms with Gasteiger partial charge in [0.15, 0.2) is 5.82 Å². The largest absolute Gasteiger partial charge is 0.508 e. The first-order chi connectivity index (χ1) is 35.0. The van der Waals surface area contributed by atoms with Gasteiger partial charge in [0.2, 0.25) is 23.6 Å². The van der Waals surface area contributed by atoms with Gasteiger partial charge in [-0.15, -0.1) is 10.2 Å². The third-order valence-electron chi connectivity index (χ3n) is 13.9. The van der Waals surface area contributed by atoms with Crippen LogP contribution < -0.4 is 20.4 Å². The molecule has 0 radical (unpaired) electrons. The lowest BCUT2D eigenvalue weighted by Gasteiger charge is -2.38. The summed E-state index contributed by atoms with van der Waals surface area (Å²) < 4.78 is 40.6. The smallest absolute Gasteiger partial charge is 0.405 e. The molecule has 9 rings (SSSR count). The minimum Gasteiger partial charge on any atom is -0.508 e. The highest BCUT2D eigenvalue weighted by molar-refractivity contribution is 5.96. The number of nitrogens with one attached hydrogen (secondary N) is 2. The third kappa shape index (κ3) is 11.1. The van der Waals surface area contributed by atoms with Gasteiger partial charge in [0, 0.05) is 93.2 Å². The number of carbonyl (C=O) groups is 3. The molecule has 0 atom stereocenters. The Kier molecular flexibility index (Phi) is 14.4. The van der Waals surface area contributed by atoms with Gasteiger partial charge in [-0.3, -0.25) is 19.0 Å². The Morgan fingerprint density at radius 3 is 2.30 bits per heavy atom. The van der Waals surface area contributed by atoms with E-state index in [-0.39, 0.29) is 58.7 Å². The number of phenols is 3. The summed E-state index contributed by atoms with van der Waals surface area (Å²) in [7, 11) is 0. The number of piperidine rings is 1. The molecule has 3 aliphatic rings. The molecule has 0 spiro atoms. The van der Waals surface area contributed by atoms with Gasteiger partial charge in [0.25, 0.3) is 5.91 Å². The maximum atomic E-state index is 13.6. The molecule has 20 heteroatoms. The van der Waals surface area contributed by atoms with E-state index in [0.717, 1.165) is 58.0 Å². The summed E-state index contributed by atoms with van der Waals surface area (Å²) >= 11 is 0. The summed E-state index contributed by atoms with van der Waals surface area (Å²) in [5.41, 5.74) is 4.77. The van der Waals surface area contributed by atoms with Crippen molar-refractivity contribution in [2.75, 3.05) is 74.0 Å². The zero-order chi connectivity index (χ0) is 51.6. The van der Waals surface area contributed by atoms with E-state index in [1.54, 1.807) is 29.2 Å². The monoisotopic (exact) mass is 1000 g/mol. The molecule has 3 aliphatic heterocycles. The fourth-order valence-corrected chi connectivity index (χ4v) is 10.0. The van der Waals surface area contributed by atoms with Crippen molar-refractivity contribution in [1.29, 1.82) is 0 Å². The third-order valence-corrected chi connectivity index (χ3v) is 13.9. The maximum Gasteiger partial charge on any atom is 0.405 e. The number of hydrogen-bond donors (Lipinski definition) is 5. The average molecular weight is 1000 g/mol. The van der Waals surface area contributed by atoms with Crippen molar-refractivity contribution in [2.24, 2.45) is 5.92 Å². The Hall–Kier alpha value is -7.90. The van der Waals surface area contributed by atoms with E-state index in [0.29, 0.717) is 88.9 Å². The summed E-state index contributed by atoms with van der Waals surface area (Å²) in [4.78, 5) is 57.2. The van der Waals surface area contributed by atoms with Crippen molar-refractivity contribution < 1.29 is 42.9 Å². The molecule has 2 aromatic heterocycles. The number of halogens is 3. The van der Waals surface area contributed by atoms with Crippen LogP contribution in [0.1, 0.15) is 72.0 Å². The van der Waals surface area contributed by atoms with Crippen LogP contribution in [0.4, 0.5) is 30.6 Å². The number of benzene rings is 4. The van der Waals surface area contributed by atoms with Gasteiger partial charge in [-0.1, -0.05) is 56.8 Å². The molecule has 73 heavy (non-hydrogen) atoms. The highest BCUT2D eigenvalue weighted by atomic mass is 19.4. The predicted molar refractivity (Wildman–Crippen MR) is 270 cm³/mol. The Labute approximate surface area is 420 Å². The first-order valence-corrected chi connectivity index (χ1v) is 24.5. The van der Waals surface area contributed by atoms with E-state index in [1.807, 2.05) is 60.5 Å². The van der Waals surface area contributed by atoms with Crippen molar-refractivity contribution >= 4 is 45.9 Å². The fraction of sp³-hybridized carbons (Fsp3) is 0.377. The number of hydrogen-bond acceptors (Lipinski definition) is 13. The first kappa shape index (κ1) is 50.1. The van der Waals surface area contributed by atoms with Gasteiger partial charge in [0.1, 0.15) is 29.6 Å². The SMILES string of the molecule is C=CC(=O)N1CCN(c2nc(NCCC(=O)N3CCC(Cc4ccc(-n5c(C(=O)NCC(F)(F)F)nnc5-c5cc(C(C)C)c(O)cc5O)cc4)CC3)nc3c2CCN(c2cc(O)cc4ccccc24)C3)CC1. The minimum absolute atomic E-state index is 0.00318. The quantitative estimate of drug-likeness (QED) is 0.0693. The van der Waals surface area contributed by atoms with Crippen molar-refractivity contribution in [2.45, 2.75) is 64.6 Å². The molecule has 3 amide bonds. The molecule has 0 saturated carbocycles. The van der Waals surface area contributed by atoms with Gasteiger partial charge < -0.3 is 45.6 Å². The highest BCUT2D eigenvalue weighted by Gasteiger charge is 2.32. The van der Waals surface area contributed by atoms with Gasteiger partial charge in [-0.2, -0.15) is 18.2 Å². The second kappa shape index (κ2) is 21.1. The molecule has 2 fully saturated rings. The molecule has 4 aromatic carbocycles. The van der Waals surface area contributed by atoms with Gasteiger partial charge in [-0.25, -0.2) is 4.98 Å². The molecular formula is C53H58F3N11O6. The number of aromatic hydroxyl groups is 3. The van der Waals surface area contributed by atoms with Crippen LogP contribution in [0.25, 0.3) is 27.8 Å². The van der Waals surface area contributed by atoms with Crippen LogP contribution in [0.2, 0.25) is 0 Å². The van der Waals surface area contributed by atoms with Crippen LogP contribution in [0.15, 0.2) is 85.5 Å². The number of carbonyl (C=O) groups excluding carboxylic acids is 3. The fourth-order valence-electron chi connectivity index (χ4n) is 10.0. The van der Waals surface area contributed by atoms with Crippen LogP contribution >= 0.6 is 0 Å². The number of fused-ring (bicyclic) bond motifs is 2. The number of piperazine rings is 1. The number of nitrogens with zero attached hydrogens (tertiary/aromatic N) is 9. The summed E-state index contributed by atoms with van der Waals surface area (Å²) in [6, 6.07) is 21.3. The Balaban J connectivity index is 0.843. The van der Waals surface area contributed by atoms with E-state index in [1.165, 1.54) is 16.7 Å². The van der Waals surface area contributed by atoms with Gasteiger partial charge >= 0.3 is 6.18 Å². The van der Waals surface area contributed by atoms with Crippen LogP contribution in [0.3, 0.4) is 0 Å². The predicted octanol–water partition coefficient (Wildman–Crippen LogP) is 7.09. The van der Waals surface area contributed by atoms with Crippen molar-refractivity contribution in [3.63, 3.8) is 0 Å². The molecule has 5 heterocycles. The zero-order valence-corrected chi connectivity index (χ0v) is 40.7. The van der Waals surface area contributed by atoms with Gasteiger partial charge in [-0.05, 0) is 84.4 Å². The number of rotatable bonds is 14. The van der Waals surface area contributed by atoms with E-state index in [4.69, 9.17) is 9.97 Å². The van der Waals surface area contributed by atoms with Crippen molar-refractivity contribution in [3.05, 3.63) is 114 Å². The van der Waals surface area contributed by atoms with Crippen LogP contribution in [-0.4, -0.2) is 133 Å². The van der Waals surface area contributed by atoms with Gasteiger partial charge in [0.05, 0.1) is 17.8 Å². The van der Waals surface area contributed by atoms with Crippen LogP contribution in [0, 0.1) is 5.92 Å². The zero-order valence-electron chi connectivity index (χ0n) is 40.7. The lowest BCUT2D eigenvalue weighted by Crippen LogP contribution is -2.49. The van der Waals surface area contributed by atoms with E-state index >= 15 is 0 Å². The number of alkyl halides is 3. The van der Waals surface area contributed by atoms with E-state index in [2.05, 4.69) is 31.9 Å². The van der Waals surface area contributed by atoms with E-state index < -0.39 is 24.5 Å². The average Bonchev–Trinajstić information content (AvgIpc) is 3.82. The van der Waals surface area contributed by atoms with Crippen molar-refractivity contribution in [1.82, 2.24) is 39.8 Å². The molecule has 6 aromatic rings. The van der Waals surface area contributed by atoms with Crippen molar-refractivity contribution in [3.8, 4) is 34.3 Å². The number of phenolic OH excluding ortho intramolecular Hbond substituents is 3.